The topological polar surface area (TPSA) is 103 Å². The molecule has 2 aromatic heterocycles. The van der Waals surface area contributed by atoms with Crippen LogP contribution in [0.3, 0.4) is 0 Å². The smallest absolute Gasteiger partial charge is 0.408 e. The highest BCUT2D eigenvalue weighted by Crippen LogP contribution is 2.30. The first-order valence-corrected chi connectivity index (χ1v) is 9.22. The lowest BCUT2D eigenvalue weighted by Crippen LogP contribution is -2.15. The molecule has 4 rings (SSSR count). The molecule has 0 atom stereocenters. The summed E-state index contributed by atoms with van der Waals surface area (Å²) in [5.74, 6) is 0.170. The van der Waals surface area contributed by atoms with Gasteiger partial charge in [-0.25, -0.2) is 4.79 Å². The Morgan fingerprint density at radius 3 is 2.72 bits per heavy atom. The summed E-state index contributed by atoms with van der Waals surface area (Å²) in [5.41, 5.74) is 4.11. The Hall–Kier alpha value is -3.68. The van der Waals surface area contributed by atoms with Crippen molar-refractivity contribution in [1.29, 1.82) is 0 Å². The highest BCUT2D eigenvalue weighted by Gasteiger charge is 2.17. The van der Waals surface area contributed by atoms with Crippen LogP contribution < -0.4 is 11.1 Å². The van der Waals surface area contributed by atoms with Crippen LogP contribution in [0.25, 0.3) is 33.9 Å². The van der Waals surface area contributed by atoms with Gasteiger partial charge in [-0.2, -0.15) is 4.98 Å². The maximum Gasteiger partial charge on any atom is 0.420 e. The first-order chi connectivity index (χ1) is 13.8. The van der Waals surface area contributed by atoms with Gasteiger partial charge in [0.1, 0.15) is 0 Å². The van der Waals surface area contributed by atoms with E-state index in [2.05, 4.69) is 15.5 Å². The molecule has 1 amide bonds. The molecule has 0 unspecified atom stereocenters. The molecule has 0 radical (unpaired) electrons. The number of rotatable bonds is 4. The summed E-state index contributed by atoms with van der Waals surface area (Å²) in [5, 5.41) is 6.85. The van der Waals surface area contributed by atoms with Crippen LogP contribution in [0.2, 0.25) is 0 Å². The zero-order valence-electron chi connectivity index (χ0n) is 16.5. The van der Waals surface area contributed by atoms with Gasteiger partial charge in [-0.3, -0.25) is 9.36 Å². The number of hydrogen-bond acceptors (Lipinski definition) is 6. The Labute approximate surface area is 166 Å². The number of nitrogens with one attached hydrogen (secondary N) is 1. The molecule has 148 valence electrons. The van der Waals surface area contributed by atoms with Crippen LogP contribution in [0.1, 0.15) is 32.4 Å². The van der Waals surface area contributed by atoms with Gasteiger partial charge < -0.3 is 14.3 Å². The molecule has 0 bridgehead atoms. The maximum atomic E-state index is 12.1. The molecular formula is C21H20N4O4. The molecule has 0 aliphatic rings. The van der Waals surface area contributed by atoms with Gasteiger partial charge in [0, 0.05) is 29.8 Å². The number of fused-ring (bicyclic) bond motifs is 1. The van der Waals surface area contributed by atoms with Crippen molar-refractivity contribution in [1.82, 2.24) is 14.7 Å². The predicted molar refractivity (Wildman–Crippen MR) is 109 cm³/mol. The van der Waals surface area contributed by atoms with Crippen LogP contribution in [0.5, 0.6) is 0 Å². The van der Waals surface area contributed by atoms with Gasteiger partial charge in [0.25, 0.3) is 5.89 Å². The lowest BCUT2D eigenvalue weighted by atomic mass is 10.1. The minimum absolute atomic E-state index is 0.00904. The van der Waals surface area contributed by atoms with E-state index in [1.54, 1.807) is 10.6 Å². The van der Waals surface area contributed by atoms with Crippen molar-refractivity contribution < 1.29 is 13.7 Å². The fourth-order valence-electron chi connectivity index (χ4n) is 3.31. The van der Waals surface area contributed by atoms with Crippen molar-refractivity contribution in [2.24, 2.45) is 0 Å². The quantitative estimate of drug-likeness (QED) is 0.559. The Bertz CT molecular complexity index is 1280. The maximum absolute atomic E-state index is 12.1. The number of amides is 1. The molecule has 0 spiro atoms. The molecule has 4 aromatic rings. The normalized spacial score (nSPS) is 11.3. The van der Waals surface area contributed by atoms with Crippen molar-refractivity contribution in [3.05, 3.63) is 52.5 Å². The van der Waals surface area contributed by atoms with E-state index < -0.39 is 5.76 Å². The SMILES string of the molecule is CC(=O)Nc1cccc(-c2nc(-c3ccc4c(c3)oc(=O)n4C(C)C)no2)c1C. The lowest BCUT2D eigenvalue weighted by molar-refractivity contribution is -0.114. The average Bonchev–Trinajstić information content (AvgIpc) is 3.26. The largest absolute Gasteiger partial charge is 0.420 e. The summed E-state index contributed by atoms with van der Waals surface area (Å²) in [7, 11) is 0. The van der Waals surface area contributed by atoms with Crippen LogP contribution in [-0.4, -0.2) is 20.6 Å². The van der Waals surface area contributed by atoms with E-state index in [1.165, 1.54) is 6.92 Å². The number of benzene rings is 2. The van der Waals surface area contributed by atoms with Crippen LogP contribution in [0, 0.1) is 6.92 Å². The molecule has 0 aliphatic carbocycles. The number of aromatic nitrogens is 3. The third-order valence-corrected chi connectivity index (χ3v) is 4.69. The van der Waals surface area contributed by atoms with E-state index in [1.807, 2.05) is 51.1 Å². The molecule has 0 aliphatic heterocycles. The lowest BCUT2D eigenvalue weighted by Gasteiger charge is -2.08. The van der Waals surface area contributed by atoms with Gasteiger partial charge in [-0.1, -0.05) is 11.2 Å². The minimum Gasteiger partial charge on any atom is -0.408 e. The molecule has 0 saturated carbocycles. The van der Waals surface area contributed by atoms with Gasteiger partial charge >= 0.3 is 5.76 Å². The van der Waals surface area contributed by atoms with Crippen molar-refractivity contribution in [3.8, 4) is 22.8 Å². The number of hydrogen-bond donors (Lipinski definition) is 1. The van der Waals surface area contributed by atoms with Crippen molar-refractivity contribution in [2.45, 2.75) is 33.7 Å². The van der Waals surface area contributed by atoms with E-state index in [0.717, 1.165) is 16.6 Å². The number of oxazole rings is 1. The highest BCUT2D eigenvalue weighted by atomic mass is 16.5. The van der Waals surface area contributed by atoms with Gasteiger partial charge in [0.2, 0.25) is 11.7 Å². The Kier molecular flexibility index (Phi) is 4.54. The van der Waals surface area contributed by atoms with Crippen LogP contribution >= 0.6 is 0 Å². The fourth-order valence-corrected chi connectivity index (χ4v) is 3.31. The van der Waals surface area contributed by atoms with Gasteiger partial charge in [-0.15, -0.1) is 0 Å². The second kappa shape index (κ2) is 7.05. The third kappa shape index (κ3) is 3.33. The number of anilines is 1. The molecule has 1 N–H and O–H groups in total. The summed E-state index contributed by atoms with van der Waals surface area (Å²) in [6.45, 7) is 7.18. The third-order valence-electron chi connectivity index (χ3n) is 4.69. The number of carbonyl (C=O) groups is 1. The van der Waals surface area contributed by atoms with E-state index in [9.17, 15) is 9.59 Å². The summed E-state index contributed by atoms with van der Waals surface area (Å²) in [6.07, 6.45) is 0. The van der Waals surface area contributed by atoms with Crippen molar-refractivity contribution in [3.63, 3.8) is 0 Å². The Balaban J connectivity index is 1.73. The van der Waals surface area contributed by atoms with Crippen molar-refractivity contribution in [2.75, 3.05) is 5.32 Å². The molecule has 8 heteroatoms. The molecule has 0 fully saturated rings. The molecule has 2 heterocycles. The van der Waals surface area contributed by atoms with Gasteiger partial charge in [0.05, 0.1) is 5.52 Å². The first kappa shape index (κ1) is 18.7. The second-order valence-corrected chi connectivity index (χ2v) is 7.10. The predicted octanol–water partition coefficient (Wildman–Crippen LogP) is 4.16. The summed E-state index contributed by atoms with van der Waals surface area (Å²) >= 11 is 0. The standard InChI is InChI=1S/C21H20N4O4/c1-11(2)25-17-9-8-14(10-18(17)28-21(25)27)19-23-20(29-24-19)15-6-5-7-16(12(15)3)22-13(4)26/h5-11H,1-4H3,(H,22,26). The van der Waals surface area contributed by atoms with Gasteiger partial charge in [0.15, 0.2) is 5.58 Å². The van der Waals surface area contributed by atoms with E-state index in [0.29, 0.717) is 28.5 Å². The summed E-state index contributed by atoms with van der Waals surface area (Å²) in [4.78, 5) is 27.9. The Morgan fingerprint density at radius 2 is 2.00 bits per heavy atom. The average molecular weight is 392 g/mol. The molecular weight excluding hydrogens is 372 g/mol. The van der Waals surface area contributed by atoms with E-state index in [4.69, 9.17) is 8.94 Å². The van der Waals surface area contributed by atoms with Crippen LogP contribution in [0.15, 0.2) is 50.1 Å². The minimum atomic E-state index is -0.397. The van der Waals surface area contributed by atoms with Gasteiger partial charge in [-0.05, 0) is 56.7 Å². The summed E-state index contributed by atoms with van der Waals surface area (Å²) < 4.78 is 12.4. The highest BCUT2D eigenvalue weighted by molar-refractivity contribution is 5.90. The summed E-state index contributed by atoms with van der Waals surface area (Å²) in [6, 6.07) is 10.8. The molecule has 0 saturated heterocycles. The fraction of sp³-hybridized carbons (Fsp3) is 0.238. The number of nitrogens with zero attached hydrogens (tertiary/aromatic N) is 3. The molecule has 8 nitrogen and oxygen atoms in total. The van der Waals surface area contributed by atoms with E-state index >= 15 is 0 Å². The zero-order valence-corrected chi connectivity index (χ0v) is 16.5. The van der Waals surface area contributed by atoms with E-state index in [-0.39, 0.29) is 11.9 Å². The van der Waals surface area contributed by atoms with Crippen molar-refractivity contribution >= 4 is 22.7 Å². The molecule has 29 heavy (non-hydrogen) atoms. The monoisotopic (exact) mass is 392 g/mol. The first-order valence-electron chi connectivity index (χ1n) is 9.22. The van der Waals surface area contributed by atoms with Crippen LogP contribution in [0.4, 0.5) is 5.69 Å². The Morgan fingerprint density at radius 1 is 1.21 bits per heavy atom. The molecule has 2 aromatic carbocycles. The zero-order chi connectivity index (χ0) is 20.7. The van der Waals surface area contributed by atoms with Crippen LogP contribution in [-0.2, 0) is 4.79 Å². The second-order valence-electron chi connectivity index (χ2n) is 7.10. The number of carbonyl (C=O) groups excluding carboxylic acids is 1.